The van der Waals surface area contributed by atoms with Gasteiger partial charge in [0, 0.05) is 13.1 Å². The van der Waals surface area contributed by atoms with Crippen LogP contribution in [0.5, 0.6) is 0 Å². The molecule has 5 heteroatoms. The highest BCUT2D eigenvalue weighted by molar-refractivity contribution is 7.92. The van der Waals surface area contributed by atoms with Crippen LogP contribution < -0.4 is 5.32 Å². The van der Waals surface area contributed by atoms with Crippen LogP contribution in [0.25, 0.3) is 0 Å². The number of sulfone groups is 1. The van der Waals surface area contributed by atoms with E-state index >= 15 is 0 Å². The lowest BCUT2D eigenvalue weighted by molar-refractivity contribution is 0.556. The monoisotopic (exact) mass is 216 g/mol. The van der Waals surface area contributed by atoms with Gasteiger partial charge in [0.1, 0.15) is 0 Å². The summed E-state index contributed by atoms with van der Waals surface area (Å²) in [5, 5.41) is 11.3. The van der Waals surface area contributed by atoms with Crippen LogP contribution in [0.1, 0.15) is 19.8 Å². The van der Waals surface area contributed by atoms with Gasteiger partial charge in [0.2, 0.25) is 0 Å². The van der Waals surface area contributed by atoms with Crippen LogP contribution >= 0.6 is 0 Å². The molecule has 80 valence electrons. The standard InChI is InChI=1S/C9H16N2O2S/c1-8(5-10)6-11-7-9-3-2-4-14(9,12)13/h8-9,11H,2-4,6-7H2,1H3. The Bertz CT molecular complexity index is 318. The van der Waals surface area contributed by atoms with Crippen LogP contribution in [0.4, 0.5) is 0 Å². The Morgan fingerprint density at radius 3 is 2.86 bits per heavy atom. The molecule has 0 aliphatic carbocycles. The molecule has 4 nitrogen and oxygen atoms in total. The van der Waals surface area contributed by atoms with Crippen molar-refractivity contribution in [3.8, 4) is 6.07 Å². The molecule has 0 bridgehead atoms. The third-order valence-electron chi connectivity index (χ3n) is 2.51. The highest BCUT2D eigenvalue weighted by Gasteiger charge is 2.30. The predicted molar refractivity (Wildman–Crippen MR) is 54.5 cm³/mol. The zero-order valence-electron chi connectivity index (χ0n) is 8.36. The van der Waals surface area contributed by atoms with Gasteiger partial charge in [0.05, 0.1) is 23.0 Å². The fourth-order valence-electron chi connectivity index (χ4n) is 1.59. The second-order valence-electron chi connectivity index (χ2n) is 3.82. The van der Waals surface area contributed by atoms with Gasteiger partial charge in [-0.15, -0.1) is 0 Å². The molecule has 1 fully saturated rings. The summed E-state index contributed by atoms with van der Waals surface area (Å²) in [6.45, 7) is 2.88. The Hall–Kier alpha value is -0.600. The molecule has 1 rings (SSSR count). The molecular formula is C9H16N2O2S. The zero-order chi connectivity index (χ0) is 10.6. The third-order valence-corrected chi connectivity index (χ3v) is 4.78. The van der Waals surface area contributed by atoms with Gasteiger partial charge in [-0.1, -0.05) is 0 Å². The average Bonchev–Trinajstić information content (AvgIpc) is 2.45. The van der Waals surface area contributed by atoms with Gasteiger partial charge in [0.25, 0.3) is 0 Å². The summed E-state index contributed by atoms with van der Waals surface area (Å²) in [6, 6.07) is 2.10. The fourth-order valence-corrected chi connectivity index (χ4v) is 3.39. The molecule has 1 aliphatic heterocycles. The number of nitriles is 1. The summed E-state index contributed by atoms with van der Waals surface area (Å²) in [4.78, 5) is 0. The van der Waals surface area contributed by atoms with Crippen molar-refractivity contribution in [2.45, 2.75) is 25.0 Å². The maximum absolute atomic E-state index is 11.4. The Morgan fingerprint density at radius 1 is 1.64 bits per heavy atom. The molecule has 0 aromatic heterocycles. The first kappa shape index (κ1) is 11.5. The first-order valence-electron chi connectivity index (χ1n) is 4.88. The van der Waals surface area contributed by atoms with E-state index in [1.807, 2.05) is 6.92 Å². The van der Waals surface area contributed by atoms with Crippen molar-refractivity contribution in [2.75, 3.05) is 18.8 Å². The number of hydrogen-bond acceptors (Lipinski definition) is 4. The lowest BCUT2D eigenvalue weighted by Crippen LogP contribution is -2.32. The lowest BCUT2D eigenvalue weighted by Gasteiger charge is -2.11. The normalized spacial score (nSPS) is 27.0. The van der Waals surface area contributed by atoms with Gasteiger partial charge in [-0.3, -0.25) is 0 Å². The first-order valence-corrected chi connectivity index (χ1v) is 6.59. The van der Waals surface area contributed by atoms with E-state index in [1.54, 1.807) is 0 Å². The Balaban J connectivity index is 2.29. The molecule has 0 saturated carbocycles. The van der Waals surface area contributed by atoms with Gasteiger partial charge in [0.15, 0.2) is 9.84 Å². The van der Waals surface area contributed by atoms with Crippen molar-refractivity contribution in [1.29, 1.82) is 5.26 Å². The summed E-state index contributed by atoms with van der Waals surface area (Å²) in [6.07, 6.45) is 1.54. The topological polar surface area (TPSA) is 70.0 Å². The van der Waals surface area contributed by atoms with Crippen LogP contribution in [-0.2, 0) is 9.84 Å². The maximum Gasteiger partial charge on any atom is 0.154 e. The van der Waals surface area contributed by atoms with E-state index in [4.69, 9.17) is 5.26 Å². The first-order chi connectivity index (χ1) is 6.56. The molecule has 0 amide bonds. The quantitative estimate of drug-likeness (QED) is 0.734. The van der Waals surface area contributed by atoms with Crippen LogP contribution in [0.3, 0.4) is 0 Å². The van der Waals surface area contributed by atoms with Crippen LogP contribution in [-0.4, -0.2) is 32.5 Å². The molecule has 2 atom stereocenters. The van der Waals surface area contributed by atoms with Crippen molar-refractivity contribution in [2.24, 2.45) is 5.92 Å². The molecule has 0 radical (unpaired) electrons. The summed E-state index contributed by atoms with van der Waals surface area (Å²) >= 11 is 0. The van der Waals surface area contributed by atoms with Gasteiger partial charge in [-0.05, 0) is 19.8 Å². The van der Waals surface area contributed by atoms with Gasteiger partial charge in [-0.25, -0.2) is 8.42 Å². The number of nitrogens with one attached hydrogen (secondary N) is 1. The Kier molecular flexibility index (Phi) is 3.90. The predicted octanol–water partition coefficient (Wildman–Crippen LogP) is 0.313. The van der Waals surface area contributed by atoms with Crippen molar-refractivity contribution in [1.82, 2.24) is 5.32 Å². The zero-order valence-corrected chi connectivity index (χ0v) is 9.18. The van der Waals surface area contributed by atoms with Crippen LogP contribution in [0.2, 0.25) is 0 Å². The Morgan fingerprint density at radius 2 is 2.36 bits per heavy atom. The molecule has 1 N–H and O–H groups in total. The molecular weight excluding hydrogens is 200 g/mol. The fraction of sp³-hybridized carbons (Fsp3) is 0.889. The molecule has 0 aromatic carbocycles. The molecule has 14 heavy (non-hydrogen) atoms. The third kappa shape index (κ3) is 2.96. The summed E-state index contributed by atoms with van der Waals surface area (Å²) in [5.41, 5.74) is 0. The SMILES string of the molecule is CC(C#N)CNCC1CCCS1(=O)=O. The minimum atomic E-state index is -2.84. The second kappa shape index (κ2) is 4.76. The summed E-state index contributed by atoms with van der Waals surface area (Å²) in [5.74, 6) is 0.270. The molecule has 1 saturated heterocycles. The number of rotatable bonds is 4. The van der Waals surface area contributed by atoms with Crippen molar-refractivity contribution >= 4 is 9.84 Å². The van der Waals surface area contributed by atoms with E-state index < -0.39 is 9.84 Å². The van der Waals surface area contributed by atoms with E-state index in [2.05, 4.69) is 11.4 Å². The van der Waals surface area contributed by atoms with Gasteiger partial charge < -0.3 is 5.32 Å². The molecule has 1 aliphatic rings. The van der Waals surface area contributed by atoms with Gasteiger partial charge in [-0.2, -0.15) is 5.26 Å². The smallest absolute Gasteiger partial charge is 0.154 e. The van der Waals surface area contributed by atoms with Crippen molar-refractivity contribution in [3.63, 3.8) is 0 Å². The summed E-state index contributed by atoms with van der Waals surface area (Å²) in [7, 11) is -2.84. The summed E-state index contributed by atoms with van der Waals surface area (Å²) < 4.78 is 22.8. The van der Waals surface area contributed by atoms with Crippen LogP contribution in [0, 0.1) is 17.2 Å². The lowest BCUT2D eigenvalue weighted by atomic mass is 10.2. The van der Waals surface area contributed by atoms with E-state index in [0.717, 1.165) is 12.8 Å². The second-order valence-corrected chi connectivity index (χ2v) is 6.22. The molecule has 0 aromatic rings. The molecule has 2 unspecified atom stereocenters. The Labute approximate surface area is 85.2 Å². The highest BCUT2D eigenvalue weighted by atomic mass is 32.2. The maximum atomic E-state index is 11.4. The van der Waals surface area contributed by atoms with E-state index in [-0.39, 0.29) is 11.2 Å². The highest BCUT2D eigenvalue weighted by Crippen LogP contribution is 2.18. The number of nitrogens with zero attached hydrogens (tertiary/aromatic N) is 1. The van der Waals surface area contributed by atoms with Crippen molar-refractivity contribution < 1.29 is 8.42 Å². The van der Waals surface area contributed by atoms with E-state index in [1.165, 1.54) is 0 Å². The molecule has 0 spiro atoms. The minimum absolute atomic E-state index is 0.0564. The van der Waals surface area contributed by atoms with Crippen LogP contribution in [0.15, 0.2) is 0 Å². The molecule has 1 heterocycles. The number of hydrogen-bond donors (Lipinski definition) is 1. The van der Waals surface area contributed by atoms with Gasteiger partial charge >= 0.3 is 0 Å². The minimum Gasteiger partial charge on any atom is -0.314 e. The van der Waals surface area contributed by atoms with E-state index in [9.17, 15) is 8.42 Å². The van der Waals surface area contributed by atoms with E-state index in [0.29, 0.717) is 18.8 Å². The average molecular weight is 216 g/mol. The van der Waals surface area contributed by atoms with Crippen molar-refractivity contribution in [3.05, 3.63) is 0 Å². The largest absolute Gasteiger partial charge is 0.314 e.